The lowest BCUT2D eigenvalue weighted by Crippen LogP contribution is -2.28. The van der Waals surface area contributed by atoms with Crippen molar-refractivity contribution in [2.24, 2.45) is 5.92 Å². The second-order valence-corrected chi connectivity index (χ2v) is 7.77. The standard InChI is InChI=1S/C23H28N4O3/c1-16(2)22(29)25-19-8-4-9-20(13-19)26-23(30)24-14-17-6-3-7-18(12-17)15-27-11-5-10-21(27)28/h3-4,6-9,12-13,16H,5,10-11,14-15H2,1-2H3,(H,25,29)(H2,24,26,30). The topological polar surface area (TPSA) is 90.5 Å². The Morgan fingerprint density at radius 3 is 2.40 bits per heavy atom. The molecular weight excluding hydrogens is 380 g/mol. The van der Waals surface area contributed by atoms with E-state index in [1.165, 1.54) is 0 Å². The van der Waals surface area contributed by atoms with Crippen molar-refractivity contribution in [3.05, 3.63) is 59.7 Å². The van der Waals surface area contributed by atoms with Crippen LogP contribution in [0.3, 0.4) is 0 Å². The molecule has 158 valence electrons. The zero-order valence-electron chi connectivity index (χ0n) is 17.4. The van der Waals surface area contributed by atoms with E-state index in [9.17, 15) is 14.4 Å². The monoisotopic (exact) mass is 408 g/mol. The maximum absolute atomic E-state index is 12.3. The molecule has 0 atom stereocenters. The highest BCUT2D eigenvalue weighted by molar-refractivity contribution is 5.94. The molecule has 1 heterocycles. The number of urea groups is 1. The molecule has 0 saturated carbocycles. The Labute approximate surface area is 176 Å². The van der Waals surface area contributed by atoms with E-state index in [2.05, 4.69) is 16.0 Å². The number of hydrogen-bond donors (Lipinski definition) is 3. The van der Waals surface area contributed by atoms with Gasteiger partial charge in [-0.2, -0.15) is 0 Å². The van der Waals surface area contributed by atoms with E-state index in [4.69, 9.17) is 0 Å². The average molecular weight is 409 g/mol. The van der Waals surface area contributed by atoms with Crippen LogP contribution in [0.15, 0.2) is 48.5 Å². The van der Waals surface area contributed by atoms with Gasteiger partial charge in [0.05, 0.1) is 0 Å². The van der Waals surface area contributed by atoms with Gasteiger partial charge < -0.3 is 20.9 Å². The van der Waals surface area contributed by atoms with Gasteiger partial charge in [0, 0.05) is 43.3 Å². The van der Waals surface area contributed by atoms with Gasteiger partial charge in [0.25, 0.3) is 0 Å². The van der Waals surface area contributed by atoms with Crippen molar-refractivity contribution in [1.82, 2.24) is 10.2 Å². The second-order valence-electron chi connectivity index (χ2n) is 7.77. The predicted octanol–water partition coefficient (Wildman–Crippen LogP) is 3.73. The minimum absolute atomic E-state index is 0.0767. The summed E-state index contributed by atoms with van der Waals surface area (Å²) in [5.41, 5.74) is 3.25. The smallest absolute Gasteiger partial charge is 0.319 e. The van der Waals surface area contributed by atoms with E-state index in [1.54, 1.807) is 24.3 Å². The third-order valence-electron chi connectivity index (χ3n) is 4.90. The van der Waals surface area contributed by atoms with Crippen LogP contribution in [-0.4, -0.2) is 29.3 Å². The Morgan fingerprint density at radius 2 is 1.70 bits per heavy atom. The Bertz CT molecular complexity index is 926. The SMILES string of the molecule is CC(C)C(=O)Nc1cccc(NC(=O)NCc2cccc(CN3CCCC3=O)c2)c1. The molecule has 4 amide bonds. The van der Waals surface area contributed by atoms with Crippen molar-refractivity contribution in [2.45, 2.75) is 39.8 Å². The minimum Gasteiger partial charge on any atom is -0.338 e. The molecule has 0 aliphatic carbocycles. The quantitative estimate of drug-likeness (QED) is 0.652. The normalized spacial score (nSPS) is 13.4. The summed E-state index contributed by atoms with van der Waals surface area (Å²) in [5.74, 6) is 0.00102. The lowest BCUT2D eigenvalue weighted by atomic mass is 10.1. The summed E-state index contributed by atoms with van der Waals surface area (Å²) >= 11 is 0. The Kier molecular flexibility index (Phi) is 7.06. The van der Waals surface area contributed by atoms with Crippen molar-refractivity contribution in [1.29, 1.82) is 0 Å². The van der Waals surface area contributed by atoms with Crippen molar-refractivity contribution >= 4 is 29.2 Å². The van der Waals surface area contributed by atoms with Crippen LogP contribution in [0, 0.1) is 5.92 Å². The molecule has 30 heavy (non-hydrogen) atoms. The fourth-order valence-electron chi connectivity index (χ4n) is 3.25. The molecule has 1 fully saturated rings. The van der Waals surface area contributed by atoms with E-state index in [0.29, 0.717) is 30.9 Å². The molecule has 0 radical (unpaired) electrons. The van der Waals surface area contributed by atoms with Crippen molar-refractivity contribution in [3.8, 4) is 0 Å². The summed E-state index contributed by atoms with van der Waals surface area (Å²) in [5, 5.41) is 8.43. The summed E-state index contributed by atoms with van der Waals surface area (Å²) in [6, 6.07) is 14.6. The Hall–Kier alpha value is -3.35. The molecule has 3 rings (SSSR count). The number of nitrogens with zero attached hydrogens (tertiary/aromatic N) is 1. The fourth-order valence-corrected chi connectivity index (χ4v) is 3.25. The van der Waals surface area contributed by atoms with Gasteiger partial charge >= 0.3 is 6.03 Å². The first-order chi connectivity index (χ1) is 14.4. The van der Waals surface area contributed by atoms with E-state index in [-0.39, 0.29) is 23.8 Å². The summed E-state index contributed by atoms with van der Waals surface area (Å²) in [6.07, 6.45) is 1.55. The van der Waals surface area contributed by atoms with Crippen LogP contribution >= 0.6 is 0 Å². The molecular formula is C23H28N4O3. The van der Waals surface area contributed by atoms with Gasteiger partial charge in [0.15, 0.2) is 0 Å². The number of carbonyl (C=O) groups is 3. The zero-order valence-corrected chi connectivity index (χ0v) is 17.4. The first kappa shape index (κ1) is 21.4. The van der Waals surface area contributed by atoms with Gasteiger partial charge in [-0.3, -0.25) is 9.59 Å². The van der Waals surface area contributed by atoms with Gasteiger partial charge in [-0.1, -0.05) is 44.2 Å². The van der Waals surface area contributed by atoms with Crippen LogP contribution in [-0.2, 0) is 22.7 Å². The number of hydrogen-bond acceptors (Lipinski definition) is 3. The molecule has 2 aromatic carbocycles. The predicted molar refractivity (Wildman–Crippen MR) is 117 cm³/mol. The lowest BCUT2D eigenvalue weighted by molar-refractivity contribution is -0.128. The first-order valence-electron chi connectivity index (χ1n) is 10.2. The molecule has 0 bridgehead atoms. The molecule has 1 aliphatic rings. The number of amides is 4. The van der Waals surface area contributed by atoms with Gasteiger partial charge in [-0.15, -0.1) is 0 Å². The molecule has 7 heteroatoms. The Balaban J connectivity index is 1.52. The van der Waals surface area contributed by atoms with Crippen LogP contribution in [0.2, 0.25) is 0 Å². The molecule has 2 aromatic rings. The van der Waals surface area contributed by atoms with Gasteiger partial charge in [0.1, 0.15) is 0 Å². The van der Waals surface area contributed by atoms with Crippen LogP contribution in [0.4, 0.5) is 16.2 Å². The molecule has 3 N–H and O–H groups in total. The third-order valence-corrected chi connectivity index (χ3v) is 4.90. The van der Waals surface area contributed by atoms with Crippen LogP contribution < -0.4 is 16.0 Å². The highest BCUT2D eigenvalue weighted by atomic mass is 16.2. The van der Waals surface area contributed by atoms with E-state index < -0.39 is 0 Å². The highest BCUT2D eigenvalue weighted by Gasteiger charge is 2.19. The summed E-state index contributed by atoms with van der Waals surface area (Å²) in [4.78, 5) is 37.8. The third kappa shape index (κ3) is 6.07. The summed E-state index contributed by atoms with van der Waals surface area (Å²) in [7, 11) is 0. The number of carbonyl (C=O) groups excluding carboxylic acids is 3. The number of rotatable bonds is 7. The summed E-state index contributed by atoms with van der Waals surface area (Å²) in [6.45, 7) is 5.43. The first-order valence-corrected chi connectivity index (χ1v) is 10.2. The van der Waals surface area contributed by atoms with Gasteiger partial charge in [0.2, 0.25) is 11.8 Å². The zero-order chi connectivity index (χ0) is 21.5. The van der Waals surface area contributed by atoms with Crippen LogP contribution in [0.1, 0.15) is 37.8 Å². The minimum atomic E-state index is -0.331. The molecule has 1 saturated heterocycles. The van der Waals surface area contributed by atoms with Crippen molar-refractivity contribution < 1.29 is 14.4 Å². The second kappa shape index (κ2) is 9.91. The summed E-state index contributed by atoms with van der Waals surface area (Å²) < 4.78 is 0. The van der Waals surface area contributed by atoms with E-state index >= 15 is 0 Å². The molecule has 0 aromatic heterocycles. The number of benzene rings is 2. The van der Waals surface area contributed by atoms with Gasteiger partial charge in [-0.05, 0) is 35.7 Å². The van der Waals surface area contributed by atoms with Crippen LogP contribution in [0.5, 0.6) is 0 Å². The van der Waals surface area contributed by atoms with E-state index in [0.717, 1.165) is 24.1 Å². The molecule has 0 unspecified atom stereocenters. The number of likely N-dealkylation sites (tertiary alicyclic amines) is 1. The fraction of sp³-hybridized carbons (Fsp3) is 0.348. The maximum atomic E-state index is 12.3. The lowest BCUT2D eigenvalue weighted by Gasteiger charge is -2.16. The molecule has 0 spiro atoms. The van der Waals surface area contributed by atoms with Crippen LogP contribution in [0.25, 0.3) is 0 Å². The number of nitrogens with one attached hydrogen (secondary N) is 3. The van der Waals surface area contributed by atoms with Crippen molar-refractivity contribution in [2.75, 3.05) is 17.2 Å². The Morgan fingerprint density at radius 1 is 1.00 bits per heavy atom. The number of anilines is 2. The molecule has 1 aliphatic heterocycles. The molecule has 7 nitrogen and oxygen atoms in total. The average Bonchev–Trinajstić information content (AvgIpc) is 3.11. The highest BCUT2D eigenvalue weighted by Crippen LogP contribution is 2.17. The largest absolute Gasteiger partial charge is 0.338 e. The maximum Gasteiger partial charge on any atom is 0.319 e. The van der Waals surface area contributed by atoms with Gasteiger partial charge in [-0.25, -0.2) is 4.79 Å². The van der Waals surface area contributed by atoms with E-state index in [1.807, 2.05) is 43.0 Å². The van der Waals surface area contributed by atoms with Crippen molar-refractivity contribution in [3.63, 3.8) is 0 Å².